The van der Waals surface area contributed by atoms with Crippen LogP contribution in [0.3, 0.4) is 0 Å². The summed E-state index contributed by atoms with van der Waals surface area (Å²) in [4.78, 5) is 35.4. The molecule has 2 heterocycles. The fraction of sp³-hybridized carbons (Fsp3) is 0.304. The van der Waals surface area contributed by atoms with Gasteiger partial charge in [0.2, 0.25) is 0 Å². The molecule has 2 aliphatic heterocycles. The lowest BCUT2D eigenvalue weighted by molar-refractivity contribution is 0.0739. The van der Waals surface area contributed by atoms with Gasteiger partial charge in [-0.1, -0.05) is 48.5 Å². The van der Waals surface area contributed by atoms with Gasteiger partial charge in [-0.2, -0.15) is 0 Å². The number of carbonyl (C=O) groups excluding carboxylic acids is 2. The van der Waals surface area contributed by atoms with E-state index in [0.717, 1.165) is 48.4 Å². The number of hydrogen-bond acceptors (Lipinski definition) is 4. The second-order valence-corrected chi connectivity index (χ2v) is 14.7. The summed E-state index contributed by atoms with van der Waals surface area (Å²) < 4.78 is 0. The van der Waals surface area contributed by atoms with Gasteiger partial charge >= 0.3 is 0 Å². The highest BCUT2D eigenvalue weighted by atomic mass is 16.2. The third-order valence-electron chi connectivity index (χ3n) is 11.5. The molecule has 2 saturated heterocycles. The molecule has 6 heteroatoms. The Hall–Kier alpha value is -5.36. The van der Waals surface area contributed by atoms with E-state index in [2.05, 4.69) is 124 Å². The topological polar surface area (TPSA) is 47.1 Å². The van der Waals surface area contributed by atoms with E-state index in [1.165, 1.54) is 55.9 Å². The molecule has 0 aromatic heterocycles. The van der Waals surface area contributed by atoms with Crippen molar-refractivity contribution in [2.45, 2.75) is 41.5 Å². The Morgan fingerprint density at radius 1 is 0.385 bits per heavy atom. The van der Waals surface area contributed by atoms with Gasteiger partial charge in [-0.15, -0.1) is 0 Å². The maximum Gasteiger partial charge on any atom is 0.253 e. The van der Waals surface area contributed by atoms with E-state index >= 15 is 0 Å². The lowest BCUT2D eigenvalue weighted by atomic mass is 9.96. The van der Waals surface area contributed by atoms with Crippen LogP contribution in [0.5, 0.6) is 0 Å². The molecule has 0 bridgehead atoms. The van der Waals surface area contributed by atoms with Crippen LogP contribution in [-0.2, 0) is 0 Å². The van der Waals surface area contributed by atoms with E-state index in [9.17, 15) is 9.59 Å². The van der Waals surface area contributed by atoms with Crippen molar-refractivity contribution in [1.82, 2.24) is 9.80 Å². The first-order chi connectivity index (χ1) is 25.0. The van der Waals surface area contributed by atoms with Crippen molar-refractivity contribution in [3.05, 3.63) is 142 Å². The van der Waals surface area contributed by atoms with Gasteiger partial charge < -0.3 is 19.6 Å². The number of aryl methyl sites for hydroxylation is 4. The first-order valence-electron chi connectivity index (χ1n) is 18.6. The van der Waals surface area contributed by atoms with Crippen LogP contribution in [0.1, 0.15) is 54.1 Å². The molecule has 52 heavy (non-hydrogen) atoms. The molecule has 2 aliphatic rings. The maximum atomic E-state index is 13.4. The van der Waals surface area contributed by atoms with Crippen LogP contribution >= 0.6 is 0 Å². The standard InChI is InChI=1S/C46H50N4O2/c1-31-27-41(28-32(2)35(31)5)37-7-11-39(12-8-37)45(51)49-23-19-47(20-24-49)43-15-17-44(18-16-43)48-21-25-50(26-22-48)46(52)40-13-9-38(10-14-40)42-29-33(3)36(6)34(4)30-42/h7-18,27-30H,19-26H2,1-6H3. The lowest BCUT2D eigenvalue weighted by Gasteiger charge is -2.37. The molecule has 266 valence electrons. The molecule has 0 atom stereocenters. The fourth-order valence-electron chi connectivity index (χ4n) is 7.59. The minimum atomic E-state index is 0.0971. The van der Waals surface area contributed by atoms with Gasteiger partial charge in [0.15, 0.2) is 0 Å². The van der Waals surface area contributed by atoms with E-state index in [0.29, 0.717) is 26.2 Å². The summed E-state index contributed by atoms with van der Waals surface area (Å²) in [5.74, 6) is 0.194. The summed E-state index contributed by atoms with van der Waals surface area (Å²) in [5.41, 5.74) is 16.3. The van der Waals surface area contributed by atoms with E-state index < -0.39 is 0 Å². The van der Waals surface area contributed by atoms with Crippen molar-refractivity contribution < 1.29 is 9.59 Å². The van der Waals surface area contributed by atoms with Gasteiger partial charge in [0, 0.05) is 74.9 Å². The number of anilines is 2. The largest absolute Gasteiger partial charge is 0.368 e. The van der Waals surface area contributed by atoms with Gasteiger partial charge in [-0.25, -0.2) is 0 Å². The van der Waals surface area contributed by atoms with Crippen molar-refractivity contribution in [2.24, 2.45) is 0 Å². The molecular weight excluding hydrogens is 641 g/mol. The number of piperazine rings is 2. The van der Waals surface area contributed by atoms with E-state index in [-0.39, 0.29) is 11.8 Å². The number of rotatable bonds is 6. The predicted molar refractivity (Wildman–Crippen MR) is 215 cm³/mol. The van der Waals surface area contributed by atoms with Crippen molar-refractivity contribution in [2.75, 3.05) is 62.2 Å². The molecule has 0 unspecified atom stereocenters. The molecule has 0 saturated carbocycles. The Bertz CT molecular complexity index is 1890. The molecule has 2 fully saturated rings. The predicted octanol–water partition coefficient (Wildman–Crippen LogP) is 8.80. The van der Waals surface area contributed by atoms with Gasteiger partial charge in [0.25, 0.3) is 11.8 Å². The van der Waals surface area contributed by atoms with Crippen LogP contribution in [0.2, 0.25) is 0 Å². The molecule has 7 rings (SSSR count). The van der Waals surface area contributed by atoms with E-state index in [1.807, 2.05) is 34.1 Å². The summed E-state index contributed by atoms with van der Waals surface area (Å²) in [7, 11) is 0. The SMILES string of the molecule is Cc1cc(-c2ccc(C(=O)N3CCN(c4ccc(N5CCN(C(=O)c6ccc(-c7cc(C)c(C)c(C)c7)cc6)CC5)cc4)CC3)cc2)cc(C)c1C. The Labute approximate surface area is 309 Å². The molecule has 0 aliphatic carbocycles. The van der Waals surface area contributed by atoms with Crippen molar-refractivity contribution in [1.29, 1.82) is 0 Å². The second kappa shape index (κ2) is 14.7. The smallest absolute Gasteiger partial charge is 0.253 e. The summed E-state index contributed by atoms with van der Waals surface area (Å²) in [6.45, 7) is 18.9. The minimum absolute atomic E-state index is 0.0971. The molecule has 6 nitrogen and oxygen atoms in total. The first-order valence-corrected chi connectivity index (χ1v) is 18.6. The quantitative estimate of drug-likeness (QED) is 0.179. The monoisotopic (exact) mass is 690 g/mol. The molecule has 5 aromatic rings. The number of benzene rings is 5. The summed E-state index contributed by atoms with van der Waals surface area (Å²) >= 11 is 0. The van der Waals surface area contributed by atoms with Crippen molar-refractivity contribution in [3.63, 3.8) is 0 Å². The van der Waals surface area contributed by atoms with Crippen LogP contribution in [-0.4, -0.2) is 74.0 Å². The Kier molecular flexibility index (Phi) is 9.92. The average molecular weight is 691 g/mol. The zero-order chi connectivity index (χ0) is 36.5. The van der Waals surface area contributed by atoms with E-state index in [1.54, 1.807) is 0 Å². The summed E-state index contributed by atoms with van der Waals surface area (Å²) in [6, 6.07) is 33.8. The van der Waals surface area contributed by atoms with Gasteiger partial charge in [0.05, 0.1) is 0 Å². The lowest BCUT2D eigenvalue weighted by Crippen LogP contribution is -2.49. The highest BCUT2D eigenvalue weighted by molar-refractivity contribution is 5.95. The van der Waals surface area contributed by atoms with Gasteiger partial charge in [-0.05, 0) is 146 Å². The normalized spacial score (nSPS) is 14.9. The molecule has 2 amide bonds. The van der Waals surface area contributed by atoms with Crippen LogP contribution in [0.4, 0.5) is 11.4 Å². The zero-order valence-electron chi connectivity index (χ0n) is 31.5. The van der Waals surface area contributed by atoms with Crippen LogP contribution < -0.4 is 9.80 Å². The Balaban J connectivity index is 0.893. The minimum Gasteiger partial charge on any atom is -0.368 e. The fourth-order valence-corrected chi connectivity index (χ4v) is 7.59. The van der Waals surface area contributed by atoms with Gasteiger partial charge in [-0.3, -0.25) is 9.59 Å². The highest BCUT2D eigenvalue weighted by Gasteiger charge is 2.25. The Morgan fingerprint density at radius 2 is 0.673 bits per heavy atom. The summed E-state index contributed by atoms with van der Waals surface area (Å²) in [5, 5.41) is 0. The molecule has 0 radical (unpaired) electrons. The number of amides is 2. The van der Waals surface area contributed by atoms with Crippen LogP contribution in [0, 0.1) is 41.5 Å². The highest BCUT2D eigenvalue weighted by Crippen LogP contribution is 2.28. The third kappa shape index (κ3) is 7.20. The molecule has 0 N–H and O–H groups in total. The number of nitrogens with zero attached hydrogens (tertiary/aromatic N) is 4. The third-order valence-corrected chi connectivity index (χ3v) is 11.5. The van der Waals surface area contributed by atoms with Gasteiger partial charge in [0.1, 0.15) is 0 Å². The molecular formula is C46H50N4O2. The number of hydrogen-bond donors (Lipinski definition) is 0. The summed E-state index contributed by atoms with van der Waals surface area (Å²) in [6.07, 6.45) is 0. The second-order valence-electron chi connectivity index (χ2n) is 14.7. The van der Waals surface area contributed by atoms with Crippen LogP contribution in [0.25, 0.3) is 22.3 Å². The molecule has 0 spiro atoms. The zero-order valence-corrected chi connectivity index (χ0v) is 31.5. The number of carbonyl (C=O) groups is 2. The van der Waals surface area contributed by atoms with Crippen molar-refractivity contribution in [3.8, 4) is 22.3 Å². The maximum absolute atomic E-state index is 13.4. The first kappa shape index (κ1) is 35.1. The van der Waals surface area contributed by atoms with E-state index in [4.69, 9.17) is 0 Å². The Morgan fingerprint density at radius 3 is 0.962 bits per heavy atom. The van der Waals surface area contributed by atoms with Crippen LogP contribution in [0.15, 0.2) is 97.1 Å². The average Bonchev–Trinajstić information content (AvgIpc) is 3.18. The van der Waals surface area contributed by atoms with Crippen molar-refractivity contribution >= 4 is 23.2 Å². The molecule has 5 aromatic carbocycles.